The van der Waals surface area contributed by atoms with Gasteiger partial charge in [-0.3, -0.25) is 13.9 Å². The van der Waals surface area contributed by atoms with E-state index in [0.717, 1.165) is 10.6 Å². The molecule has 0 aliphatic rings. The van der Waals surface area contributed by atoms with Crippen LogP contribution in [0.1, 0.15) is 39.7 Å². The predicted octanol–water partition coefficient (Wildman–Crippen LogP) is 4.50. The van der Waals surface area contributed by atoms with Crippen LogP contribution in [0.15, 0.2) is 36.4 Å². The summed E-state index contributed by atoms with van der Waals surface area (Å²) in [7, 11) is -1.04. The van der Waals surface area contributed by atoms with E-state index in [1.807, 2.05) is 20.8 Å². The van der Waals surface area contributed by atoms with Crippen LogP contribution >= 0.6 is 23.2 Å². The van der Waals surface area contributed by atoms with E-state index in [1.54, 1.807) is 31.2 Å². The molecular formula is C26H35Cl2N3O6S. The number of amides is 2. The first kappa shape index (κ1) is 31.5. The molecule has 0 bridgehead atoms. The second-order valence-corrected chi connectivity index (χ2v) is 12.4. The Hall–Kier alpha value is -2.69. The fourth-order valence-corrected chi connectivity index (χ4v) is 5.18. The average Bonchev–Trinajstić information content (AvgIpc) is 2.81. The summed E-state index contributed by atoms with van der Waals surface area (Å²) >= 11 is 12.8. The van der Waals surface area contributed by atoms with Gasteiger partial charge in [-0.25, -0.2) is 8.42 Å². The van der Waals surface area contributed by atoms with Crippen LogP contribution in [0.4, 0.5) is 5.69 Å². The van der Waals surface area contributed by atoms with Crippen molar-refractivity contribution in [1.82, 2.24) is 10.2 Å². The van der Waals surface area contributed by atoms with E-state index in [-0.39, 0.29) is 24.6 Å². The van der Waals surface area contributed by atoms with Crippen LogP contribution in [0.3, 0.4) is 0 Å². The predicted molar refractivity (Wildman–Crippen MR) is 151 cm³/mol. The zero-order valence-electron chi connectivity index (χ0n) is 22.7. The third kappa shape index (κ3) is 8.15. The van der Waals surface area contributed by atoms with Gasteiger partial charge in [-0.05, 0) is 51.5 Å². The van der Waals surface area contributed by atoms with Crippen molar-refractivity contribution in [3.63, 3.8) is 0 Å². The Balaban J connectivity index is 2.57. The number of hydrogen-bond acceptors (Lipinski definition) is 6. The number of rotatable bonds is 11. The number of methoxy groups -OCH3 is 2. The van der Waals surface area contributed by atoms with Crippen LogP contribution in [-0.4, -0.2) is 63.7 Å². The van der Waals surface area contributed by atoms with E-state index in [1.165, 1.54) is 31.3 Å². The van der Waals surface area contributed by atoms with E-state index in [0.29, 0.717) is 27.1 Å². The molecule has 2 rings (SSSR count). The van der Waals surface area contributed by atoms with Gasteiger partial charge >= 0.3 is 0 Å². The van der Waals surface area contributed by atoms with Crippen molar-refractivity contribution >= 4 is 50.7 Å². The van der Waals surface area contributed by atoms with Crippen LogP contribution in [-0.2, 0) is 26.2 Å². The number of nitrogens with one attached hydrogen (secondary N) is 1. The topological polar surface area (TPSA) is 105 Å². The normalized spacial score (nSPS) is 12.4. The molecule has 2 aromatic rings. The molecule has 1 atom stereocenters. The Morgan fingerprint density at radius 1 is 1.03 bits per heavy atom. The quantitative estimate of drug-likeness (QED) is 0.415. The van der Waals surface area contributed by atoms with Crippen LogP contribution in [0.25, 0.3) is 0 Å². The zero-order chi connectivity index (χ0) is 28.8. The maximum Gasteiger partial charge on any atom is 0.244 e. The second-order valence-electron chi connectivity index (χ2n) is 9.69. The molecule has 210 valence electrons. The van der Waals surface area contributed by atoms with Crippen molar-refractivity contribution in [2.75, 3.05) is 31.3 Å². The van der Waals surface area contributed by atoms with Gasteiger partial charge in [0, 0.05) is 33.8 Å². The molecule has 0 saturated carbocycles. The lowest BCUT2D eigenvalue weighted by Crippen LogP contribution is -2.55. The first-order valence-corrected chi connectivity index (χ1v) is 14.5. The maximum absolute atomic E-state index is 13.8. The molecule has 0 fully saturated rings. The lowest BCUT2D eigenvalue weighted by Gasteiger charge is -2.35. The van der Waals surface area contributed by atoms with Crippen molar-refractivity contribution in [2.24, 2.45) is 0 Å². The van der Waals surface area contributed by atoms with Gasteiger partial charge in [0.25, 0.3) is 0 Å². The number of anilines is 1. The summed E-state index contributed by atoms with van der Waals surface area (Å²) in [6.45, 7) is 6.59. The van der Waals surface area contributed by atoms with Gasteiger partial charge in [0.15, 0.2) is 11.5 Å². The summed E-state index contributed by atoms with van der Waals surface area (Å²) in [5.74, 6) is -0.302. The first-order chi connectivity index (χ1) is 17.6. The minimum absolute atomic E-state index is 0.100. The highest BCUT2D eigenvalue weighted by atomic mass is 35.5. The van der Waals surface area contributed by atoms with Crippen molar-refractivity contribution in [3.05, 3.63) is 52.0 Å². The summed E-state index contributed by atoms with van der Waals surface area (Å²) in [6.07, 6.45) is 1.26. The monoisotopic (exact) mass is 587 g/mol. The lowest BCUT2D eigenvalue weighted by atomic mass is 10.1. The SMILES string of the molecule is CC[C@@H](C(=O)NC(C)(C)C)N(Cc1c(Cl)cccc1Cl)C(=O)CN(c1ccc(OC)c(OC)c1)S(C)(=O)=O. The number of nitrogens with zero attached hydrogens (tertiary/aromatic N) is 2. The molecule has 2 aromatic carbocycles. The molecule has 12 heteroatoms. The second kappa shape index (κ2) is 12.9. The van der Waals surface area contributed by atoms with Crippen LogP contribution in [0.5, 0.6) is 11.5 Å². The van der Waals surface area contributed by atoms with Gasteiger partial charge in [0.05, 0.1) is 26.2 Å². The number of hydrogen-bond donors (Lipinski definition) is 1. The zero-order valence-corrected chi connectivity index (χ0v) is 25.0. The molecule has 9 nitrogen and oxygen atoms in total. The van der Waals surface area contributed by atoms with E-state index >= 15 is 0 Å². The molecule has 0 spiro atoms. The smallest absolute Gasteiger partial charge is 0.244 e. The first-order valence-electron chi connectivity index (χ1n) is 11.9. The number of sulfonamides is 1. The van der Waals surface area contributed by atoms with Crippen LogP contribution in [0, 0.1) is 0 Å². The van der Waals surface area contributed by atoms with Gasteiger partial charge in [-0.15, -0.1) is 0 Å². The van der Waals surface area contributed by atoms with E-state index < -0.39 is 34.1 Å². The van der Waals surface area contributed by atoms with Crippen molar-refractivity contribution < 1.29 is 27.5 Å². The highest BCUT2D eigenvalue weighted by Crippen LogP contribution is 2.33. The van der Waals surface area contributed by atoms with E-state index in [9.17, 15) is 18.0 Å². The molecular weight excluding hydrogens is 553 g/mol. The minimum atomic E-state index is -3.92. The average molecular weight is 589 g/mol. The molecule has 2 amide bonds. The molecule has 1 N–H and O–H groups in total. The van der Waals surface area contributed by atoms with Gasteiger partial charge in [0.2, 0.25) is 21.8 Å². The summed E-state index contributed by atoms with van der Waals surface area (Å²) in [6, 6.07) is 8.54. The number of carbonyl (C=O) groups excluding carboxylic acids is 2. The summed E-state index contributed by atoms with van der Waals surface area (Å²) in [5, 5.41) is 3.54. The third-order valence-electron chi connectivity index (χ3n) is 5.61. The maximum atomic E-state index is 13.8. The number of halogens is 2. The van der Waals surface area contributed by atoms with Crippen molar-refractivity contribution in [2.45, 2.75) is 52.2 Å². The number of carbonyl (C=O) groups is 2. The number of benzene rings is 2. The molecule has 0 saturated heterocycles. The Morgan fingerprint density at radius 3 is 2.08 bits per heavy atom. The van der Waals surface area contributed by atoms with E-state index in [2.05, 4.69) is 5.32 Å². The van der Waals surface area contributed by atoms with Crippen LogP contribution in [0.2, 0.25) is 10.0 Å². The Kier molecular flexibility index (Phi) is 10.7. The molecule has 38 heavy (non-hydrogen) atoms. The highest BCUT2D eigenvalue weighted by Gasteiger charge is 2.34. The Bertz CT molecular complexity index is 1240. The largest absolute Gasteiger partial charge is 0.493 e. The molecule has 0 aromatic heterocycles. The molecule has 0 aliphatic heterocycles. The van der Waals surface area contributed by atoms with Gasteiger partial charge in [-0.2, -0.15) is 0 Å². The third-order valence-corrected chi connectivity index (χ3v) is 7.46. The summed E-state index contributed by atoms with van der Waals surface area (Å²) in [5.41, 5.74) is 0.0873. The van der Waals surface area contributed by atoms with Crippen molar-refractivity contribution in [1.29, 1.82) is 0 Å². The Labute approximate surface area is 235 Å². The number of ether oxygens (including phenoxy) is 2. The lowest BCUT2D eigenvalue weighted by molar-refractivity contribution is -0.141. The Morgan fingerprint density at radius 2 is 1.61 bits per heavy atom. The summed E-state index contributed by atoms with van der Waals surface area (Å²) in [4.78, 5) is 28.4. The standard InChI is InChI=1S/C26H35Cl2N3O6S/c1-8-21(25(33)29-26(2,3)4)30(15-18-19(27)10-9-11-20(18)28)24(32)16-31(38(7,34)35)17-12-13-22(36-5)23(14-17)37-6/h9-14,21H,8,15-16H2,1-7H3,(H,29,33)/t21-/m0/s1. The fraction of sp³-hybridized carbons (Fsp3) is 0.462. The van der Waals surface area contributed by atoms with Crippen LogP contribution < -0.4 is 19.1 Å². The molecule has 0 heterocycles. The molecule has 0 radical (unpaired) electrons. The molecule has 0 aliphatic carbocycles. The molecule has 0 unspecified atom stereocenters. The van der Waals surface area contributed by atoms with Gasteiger partial charge < -0.3 is 19.7 Å². The fourth-order valence-electron chi connectivity index (χ4n) is 3.82. The highest BCUT2D eigenvalue weighted by molar-refractivity contribution is 7.92. The summed E-state index contributed by atoms with van der Waals surface area (Å²) < 4.78 is 37.2. The minimum Gasteiger partial charge on any atom is -0.493 e. The van der Waals surface area contributed by atoms with Gasteiger partial charge in [-0.1, -0.05) is 36.2 Å². The van der Waals surface area contributed by atoms with E-state index in [4.69, 9.17) is 32.7 Å². The van der Waals surface area contributed by atoms with Crippen molar-refractivity contribution in [3.8, 4) is 11.5 Å². The van der Waals surface area contributed by atoms with Gasteiger partial charge in [0.1, 0.15) is 12.6 Å².